The van der Waals surface area contributed by atoms with Gasteiger partial charge in [-0.25, -0.2) is 9.13 Å². The Morgan fingerprint density at radius 3 is 0.657 bits per heavy atom. The minimum absolute atomic E-state index is 0.108. The molecule has 0 aromatic heterocycles. The normalized spacial score (nSPS) is 14.3. The van der Waals surface area contributed by atoms with Crippen molar-refractivity contribution in [2.24, 2.45) is 11.8 Å². The van der Waals surface area contributed by atoms with Crippen molar-refractivity contribution in [3.05, 3.63) is 0 Å². The lowest BCUT2D eigenvalue weighted by Crippen LogP contribution is -2.30. The number of esters is 4. The van der Waals surface area contributed by atoms with Crippen molar-refractivity contribution in [2.75, 3.05) is 39.6 Å². The number of aliphatic hydroxyl groups excluding tert-OH is 1. The lowest BCUT2D eigenvalue weighted by Gasteiger charge is -2.21. The molecule has 0 aliphatic heterocycles. The van der Waals surface area contributed by atoms with Crippen LogP contribution < -0.4 is 0 Å². The Hall–Kier alpha value is -1.94. The van der Waals surface area contributed by atoms with Crippen molar-refractivity contribution < 1.29 is 80.2 Å². The number of carbonyl (C=O) groups excluding carboxylic acids is 4. The summed E-state index contributed by atoms with van der Waals surface area (Å²) < 4.78 is 69.0. The summed E-state index contributed by atoms with van der Waals surface area (Å²) in [6.07, 6.45) is 73.7. The van der Waals surface area contributed by atoms with Crippen molar-refractivity contribution in [2.45, 2.75) is 496 Å². The summed E-state index contributed by atoms with van der Waals surface area (Å²) in [5, 5.41) is 10.7. The van der Waals surface area contributed by atoms with Crippen molar-refractivity contribution in [1.82, 2.24) is 0 Å². The van der Waals surface area contributed by atoms with Crippen molar-refractivity contribution in [3.8, 4) is 0 Å². The highest BCUT2D eigenvalue weighted by Gasteiger charge is 2.31. The molecule has 0 aromatic rings. The maximum Gasteiger partial charge on any atom is 0.472 e. The Kier molecular flexibility index (Phi) is 78.8. The number of unbranched alkanes of at least 4 members (excludes halogenated alkanes) is 56. The van der Waals surface area contributed by atoms with Crippen LogP contribution in [0.25, 0.3) is 0 Å². The third-order valence-corrected chi connectivity index (χ3v) is 23.6. The van der Waals surface area contributed by atoms with Crippen LogP contribution in [0, 0.1) is 11.8 Å². The molecule has 0 aliphatic rings. The molecule has 0 aliphatic carbocycles. The van der Waals surface area contributed by atoms with E-state index in [0.717, 1.165) is 108 Å². The SMILES string of the molecule is CCCCCCCCCCCCCCCCCCCCCCC(=O)OC[C@H](COP(=O)(O)OC[C@@H](O)COP(=O)(O)OC[C@@H](COC(=O)CCCCCCCCC(C)CC)OC(=O)CCCCCCCCCCCCCCCCCC)OC(=O)CCCCCCCCCCCCCCCCCCCCC(C)CC. The second kappa shape index (κ2) is 80.3. The number of carbonyl (C=O) groups is 4. The first-order valence-corrected chi connectivity index (χ1v) is 49.1. The zero-order valence-corrected chi connectivity index (χ0v) is 73.0. The summed E-state index contributed by atoms with van der Waals surface area (Å²) in [5.74, 6) is -0.498. The fourth-order valence-corrected chi connectivity index (χ4v) is 15.5. The van der Waals surface area contributed by atoms with E-state index in [9.17, 15) is 43.2 Å². The van der Waals surface area contributed by atoms with E-state index in [1.165, 1.54) is 289 Å². The number of aliphatic hydroxyl groups is 1. The lowest BCUT2D eigenvalue weighted by atomic mass is 9.99. The third kappa shape index (κ3) is 79.3. The molecule has 0 amide bonds. The molecule has 0 aromatic carbocycles. The van der Waals surface area contributed by atoms with Crippen molar-refractivity contribution >= 4 is 39.5 Å². The van der Waals surface area contributed by atoms with Gasteiger partial charge in [0.1, 0.15) is 19.3 Å². The van der Waals surface area contributed by atoms with Gasteiger partial charge in [0.05, 0.1) is 26.4 Å². The standard InChI is InChI=1S/C89H174O17P2/c1-7-11-13-15-17-19-21-23-25-27-28-29-33-37-40-44-48-52-59-65-71-86(91)99-77-84(105-88(93)73-68-62-54-50-46-42-38-34-31-30-32-35-39-43-47-51-57-63-69-81(5)9-3)79-103-107(95,96)101-75-83(90)76-102-108(97,98)104-80-85(78-100-87(92)72-66-60-56-55-58-64-70-82(6)10-4)106-89(94)74-67-61-53-49-45-41-36-26-24-22-20-18-16-14-12-8-2/h81-85,90H,7-80H2,1-6H3,(H,95,96)(H,97,98)/t81?,82?,83-,84-,85-/m1/s1. The van der Waals surface area contributed by atoms with Crippen LogP contribution in [0.3, 0.4) is 0 Å². The number of rotatable bonds is 88. The van der Waals surface area contributed by atoms with Gasteiger partial charge in [-0.15, -0.1) is 0 Å². The van der Waals surface area contributed by atoms with Crippen LogP contribution in [0.5, 0.6) is 0 Å². The maximum absolute atomic E-state index is 13.2. The molecular formula is C89H174O17P2. The smallest absolute Gasteiger partial charge is 0.462 e. The van der Waals surface area contributed by atoms with E-state index >= 15 is 0 Å². The van der Waals surface area contributed by atoms with Gasteiger partial charge < -0.3 is 33.8 Å². The van der Waals surface area contributed by atoms with Crippen molar-refractivity contribution in [1.29, 1.82) is 0 Å². The highest BCUT2D eigenvalue weighted by molar-refractivity contribution is 7.47. The predicted octanol–water partition coefficient (Wildman–Crippen LogP) is 27.4. The summed E-state index contributed by atoms with van der Waals surface area (Å²) in [5.41, 5.74) is 0. The summed E-state index contributed by atoms with van der Waals surface area (Å²) in [6.45, 7) is 9.72. The Balaban J connectivity index is 5.22. The largest absolute Gasteiger partial charge is 0.472 e. The first-order valence-electron chi connectivity index (χ1n) is 46.1. The van der Waals surface area contributed by atoms with Gasteiger partial charge >= 0.3 is 39.5 Å². The van der Waals surface area contributed by atoms with Crippen LogP contribution in [0.1, 0.15) is 478 Å². The average Bonchev–Trinajstić information content (AvgIpc) is 0.901. The Morgan fingerprint density at radius 1 is 0.259 bits per heavy atom. The van der Waals surface area contributed by atoms with Crippen LogP contribution >= 0.6 is 15.6 Å². The number of phosphoric ester groups is 2. The molecule has 0 heterocycles. The second-order valence-electron chi connectivity index (χ2n) is 32.5. The average molecular weight is 1580 g/mol. The van der Waals surface area contributed by atoms with Crippen LogP contribution in [0.15, 0.2) is 0 Å². The molecule has 0 rings (SSSR count). The highest BCUT2D eigenvalue weighted by Crippen LogP contribution is 2.45. The zero-order chi connectivity index (χ0) is 79.2. The van der Waals surface area contributed by atoms with E-state index in [0.29, 0.717) is 25.7 Å². The summed E-state index contributed by atoms with van der Waals surface area (Å²) in [6, 6.07) is 0. The Bertz CT molecular complexity index is 2070. The van der Waals surface area contributed by atoms with Gasteiger partial charge in [-0.05, 0) is 37.5 Å². The molecule has 0 spiro atoms. The quantitative estimate of drug-likeness (QED) is 0.0222. The van der Waals surface area contributed by atoms with Gasteiger partial charge in [0.15, 0.2) is 12.2 Å². The highest BCUT2D eigenvalue weighted by atomic mass is 31.2. The third-order valence-electron chi connectivity index (χ3n) is 21.7. The fraction of sp³-hybridized carbons (Fsp3) is 0.955. The number of ether oxygens (including phenoxy) is 4. The van der Waals surface area contributed by atoms with E-state index in [1.54, 1.807) is 0 Å². The van der Waals surface area contributed by atoms with Gasteiger partial charge in [0, 0.05) is 25.7 Å². The Morgan fingerprint density at radius 2 is 0.444 bits per heavy atom. The van der Waals surface area contributed by atoms with E-state index < -0.39 is 97.5 Å². The molecule has 108 heavy (non-hydrogen) atoms. The van der Waals surface area contributed by atoms with Gasteiger partial charge in [0.2, 0.25) is 0 Å². The monoisotopic (exact) mass is 1580 g/mol. The van der Waals surface area contributed by atoms with Gasteiger partial charge in [-0.2, -0.15) is 0 Å². The van der Waals surface area contributed by atoms with E-state index in [2.05, 4.69) is 41.5 Å². The molecule has 0 bridgehead atoms. The van der Waals surface area contributed by atoms with Crippen LogP contribution in [0.2, 0.25) is 0 Å². The first-order chi connectivity index (χ1) is 52.4. The molecule has 17 nitrogen and oxygen atoms in total. The van der Waals surface area contributed by atoms with Gasteiger partial charge in [0.25, 0.3) is 0 Å². The summed E-state index contributed by atoms with van der Waals surface area (Å²) >= 11 is 0. The van der Waals surface area contributed by atoms with Crippen LogP contribution in [0.4, 0.5) is 0 Å². The summed E-state index contributed by atoms with van der Waals surface area (Å²) in [7, 11) is -9.93. The molecule has 4 unspecified atom stereocenters. The van der Waals surface area contributed by atoms with Crippen molar-refractivity contribution in [3.63, 3.8) is 0 Å². The second-order valence-corrected chi connectivity index (χ2v) is 35.4. The molecule has 19 heteroatoms. The molecular weight excluding hydrogens is 1400 g/mol. The molecule has 7 atom stereocenters. The Labute approximate surface area is 664 Å². The molecule has 642 valence electrons. The van der Waals surface area contributed by atoms with Crippen LogP contribution in [-0.2, 0) is 65.4 Å². The number of hydrogen-bond donors (Lipinski definition) is 3. The number of phosphoric acid groups is 2. The lowest BCUT2D eigenvalue weighted by molar-refractivity contribution is -0.161. The van der Waals surface area contributed by atoms with E-state index in [1.807, 2.05) is 0 Å². The fourth-order valence-electron chi connectivity index (χ4n) is 13.9. The minimum Gasteiger partial charge on any atom is -0.462 e. The topological polar surface area (TPSA) is 237 Å². The maximum atomic E-state index is 13.2. The number of hydrogen-bond acceptors (Lipinski definition) is 15. The van der Waals surface area contributed by atoms with Gasteiger partial charge in [-0.3, -0.25) is 37.3 Å². The van der Waals surface area contributed by atoms with E-state index in [-0.39, 0.29) is 25.7 Å². The molecule has 0 saturated heterocycles. The molecule has 0 saturated carbocycles. The van der Waals surface area contributed by atoms with Gasteiger partial charge in [-0.1, -0.05) is 427 Å². The summed E-state index contributed by atoms with van der Waals surface area (Å²) in [4.78, 5) is 73.3. The van der Waals surface area contributed by atoms with E-state index in [4.69, 9.17) is 37.0 Å². The van der Waals surface area contributed by atoms with Crippen LogP contribution in [-0.4, -0.2) is 96.7 Å². The predicted molar refractivity (Wildman–Crippen MR) is 446 cm³/mol. The molecule has 0 fully saturated rings. The minimum atomic E-state index is -4.97. The first kappa shape index (κ1) is 106. The zero-order valence-electron chi connectivity index (χ0n) is 71.2. The molecule has 3 N–H and O–H groups in total. The molecule has 0 radical (unpaired) electrons.